The number of carboxylic acids is 2. The number of ketones is 1. The Bertz CT molecular complexity index is 1290. The Morgan fingerprint density at radius 2 is 1.57 bits per heavy atom. The minimum Gasteiger partial charge on any atom is -0.473 e. The minimum absolute atomic E-state index is 0.0312. The first-order chi connectivity index (χ1) is 19.2. The number of carboxylic acid groups (broad SMARTS) is 2. The molecule has 212 valence electrons. The topological polar surface area (TPSA) is 121 Å². The average molecular weight is 570 g/mol. The van der Waals surface area contributed by atoms with Crippen LogP contribution in [-0.2, 0) is 24.5 Å². The standard InChI is InChI=1S/C28H30FNO3S.C2H2O4/c1-2-33-27(32)28(24-14-20-34-26(24)22-7-4-3-5-8-22)15-18-30(19-16-28)17-6-9-25(31)21-10-12-23(29)13-11-21;3-1(4)2(5)6/h3-5,7-8,10-14,20H,2,6,9,15-19H2,1H3;(H,3,4)(H,5,6). The fraction of sp³-hybridized carbons (Fsp3) is 0.333. The summed E-state index contributed by atoms with van der Waals surface area (Å²) in [6.45, 7) is 4.55. The quantitative estimate of drug-likeness (QED) is 0.203. The van der Waals surface area contributed by atoms with Crippen LogP contribution < -0.4 is 0 Å². The number of carbonyl (C=O) groups excluding carboxylic acids is 2. The number of carbonyl (C=O) groups is 4. The van der Waals surface area contributed by atoms with Crippen LogP contribution in [0.1, 0.15) is 48.5 Å². The number of Topliss-reactive ketones (excluding diaryl/α,β-unsaturated/α-hetero) is 1. The SMILES string of the molecule is CCOC(=O)C1(c2ccsc2-c2ccccc2)CCN(CCCC(=O)c2ccc(F)cc2)CC1.O=C(O)C(=O)O. The van der Waals surface area contributed by atoms with E-state index in [-0.39, 0.29) is 17.6 Å². The van der Waals surface area contributed by atoms with Crippen molar-refractivity contribution in [3.05, 3.63) is 83.0 Å². The van der Waals surface area contributed by atoms with E-state index in [0.717, 1.165) is 42.1 Å². The summed E-state index contributed by atoms with van der Waals surface area (Å²) >= 11 is 1.66. The fourth-order valence-corrected chi connectivity index (χ4v) is 5.76. The maximum absolute atomic E-state index is 13.3. The van der Waals surface area contributed by atoms with Crippen molar-refractivity contribution in [1.29, 1.82) is 0 Å². The lowest BCUT2D eigenvalue weighted by molar-refractivity contribution is -0.159. The molecule has 1 aliphatic heterocycles. The van der Waals surface area contributed by atoms with Gasteiger partial charge in [-0.05, 0) is 92.7 Å². The van der Waals surface area contributed by atoms with Crippen molar-refractivity contribution in [2.75, 3.05) is 26.2 Å². The van der Waals surface area contributed by atoms with Gasteiger partial charge in [0, 0.05) is 16.9 Å². The van der Waals surface area contributed by atoms with Crippen molar-refractivity contribution in [1.82, 2.24) is 4.90 Å². The normalized spacial score (nSPS) is 14.4. The number of hydrogen-bond acceptors (Lipinski definition) is 7. The van der Waals surface area contributed by atoms with Gasteiger partial charge >= 0.3 is 17.9 Å². The Morgan fingerprint density at radius 3 is 2.15 bits per heavy atom. The van der Waals surface area contributed by atoms with Gasteiger partial charge in [-0.1, -0.05) is 30.3 Å². The molecule has 2 heterocycles. The molecule has 4 rings (SSSR count). The van der Waals surface area contributed by atoms with Crippen LogP contribution in [0.25, 0.3) is 10.4 Å². The zero-order valence-electron chi connectivity index (χ0n) is 22.2. The third kappa shape index (κ3) is 7.83. The summed E-state index contributed by atoms with van der Waals surface area (Å²) in [5.74, 6) is -4.10. The van der Waals surface area contributed by atoms with Gasteiger partial charge in [-0.2, -0.15) is 0 Å². The Hall–Kier alpha value is -3.89. The Kier molecular flexibility index (Phi) is 11.1. The Morgan fingerprint density at radius 1 is 0.950 bits per heavy atom. The fourth-order valence-electron chi connectivity index (χ4n) is 4.75. The molecule has 2 aromatic carbocycles. The summed E-state index contributed by atoms with van der Waals surface area (Å²) in [7, 11) is 0. The van der Waals surface area contributed by atoms with Gasteiger partial charge in [0.25, 0.3) is 0 Å². The first-order valence-corrected chi connectivity index (χ1v) is 13.8. The lowest BCUT2D eigenvalue weighted by Gasteiger charge is -2.40. The van der Waals surface area contributed by atoms with E-state index in [1.54, 1.807) is 11.3 Å². The van der Waals surface area contributed by atoms with Gasteiger partial charge < -0.3 is 19.8 Å². The molecule has 1 saturated heterocycles. The summed E-state index contributed by atoms with van der Waals surface area (Å²) in [5.41, 5.74) is 2.08. The molecule has 1 fully saturated rings. The summed E-state index contributed by atoms with van der Waals surface area (Å²) in [6.07, 6.45) is 2.53. The van der Waals surface area contributed by atoms with Crippen LogP contribution >= 0.6 is 11.3 Å². The van der Waals surface area contributed by atoms with Crippen LogP contribution in [0, 0.1) is 5.82 Å². The van der Waals surface area contributed by atoms with Crippen LogP contribution in [-0.4, -0.2) is 65.0 Å². The molecule has 0 spiro atoms. The maximum Gasteiger partial charge on any atom is 0.414 e. The number of halogens is 1. The minimum atomic E-state index is -1.82. The van der Waals surface area contributed by atoms with Gasteiger partial charge in [-0.15, -0.1) is 11.3 Å². The van der Waals surface area contributed by atoms with Crippen LogP contribution in [0.4, 0.5) is 4.39 Å². The van der Waals surface area contributed by atoms with Crippen molar-refractivity contribution in [2.24, 2.45) is 0 Å². The lowest BCUT2D eigenvalue weighted by atomic mass is 9.72. The van der Waals surface area contributed by atoms with Crippen molar-refractivity contribution >= 4 is 35.0 Å². The lowest BCUT2D eigenvalue weighted by Crippen LogP contribution is -2.48. The molecular weight excluding hydrogens is 537 g/mol. The average Bonchev–Trinajstić information content (AvgIpc) is 3.45. The number of nitrogens with zero attached hydrogens (tertiary/aromatic N) is 1. The molecule has 0 amide bonds. The number of rotatable bonds is 9. The predicted octanol–water partition coefficient (Wildman–Crippen LogP) is 5.27. The van der Waals surface area contributed by atoms with E-state index in [1.165, 1.54) is 24.3 Å². The van der Waals surface area contributed by atoms with Crippen molar-refractivity contribution in [3.63, 3.8) is 0 Å². The smallest absolute Gasteiger partial charge is 0.414 e. The van der Waals surface area contributed by atoms with Crippen molar-refractivity contribution in [3.8, 4) is 10.4 Å². The molecule has 8 nitrogen and oxygen atoms in total. The highest BCUT2D eigenvalue weighted by atomic mass is 32.1. The first kappa shape index (κ1) is 30.6. The Balaban J connectivity index is 0.000000663. The zero-order chi connectivity index (χ0) is 29.1. The number of ether oxygens (including phenoxy) is 1. The van der Waals surface area contributed by atoms with Crippen LogP contribution in [0.3, 0.4) is 0 Å². The van der Waals surface area contributed by atoms with E-state index >= 15 is 0 Å². The van der Waals surface area contributed by atoms with Crippen molar-refractivity contribution in [2.45, 2.75) is 38.0 Å². The number of piperidine rings is 1. The zero-order valence-corrected chi connectivity index (χ0v) is 23.0. The molecule has 0 bridgehead atoms. The largest absolute Gasteiger partial charge is 0.473 e. The molecule has 0 saturated carbocycles. The predicted molar refractivity (Wildman–Crippen MR) is 149 cm³/mol. The highest BCUT2D eigenvalue weighted by Gasteiger charge is 2.46. The second-order valence-electron chi connectivity index (χ2n) is 9.32. The molecule has 0 radical (unpaired) electrons. The molecule has 40 heavy (non-hydrogen) atoms. The van der Waals surface area contributed by atoms with Gasteiger partial charge in [0.2, 0.25) is 0 Å². The second-order valence-corrected chi connectivity index (χ2v) is 10.2. The van der Waals surface area contributed by atoms with E-state index in [4.69, 9.17) is 24.5 Å². The molecule has 3 aromatic rings. The molecule has 10 heteroatoms. The second kappa shape index (κ2) is 14.5. The van der Waals surface area contributed by atoms with Gasteiger partial charge in [0.1, 0.15) is 5.82 Å². The van der Waals surface area contributed by atoms with E-state index in [2.05, 4.69) is 28.5 Å². The van der Waals surface area contributed by atoms with E-state index < -0.39 is 17.4 Å². The number of thiophene rings is 1. The van der Waals surface area contributed by atoms with Crippen molar-refractivity contribution < 1.29 is 38.5 Å². The summed E-state index contributed by atoms with van der Waals surface area (Å²) < 4.78 is 18.7. The summed E-state index contributed by atoms with van der Waals surface area (Å²) in [5, 5.41) is 16.8. The van der Waals surface area contributed by atoms with E-state index in [1.807, 2.05) is 25.1 Å². The third-order valence-electron chi connectivity index (χ3n) is 6.82. The number of aliphatic carboxylic acids is 2. The molecule has 0 atom stereocenters. The molecular formula is C30H32FNO7S. The van der Waals surface area contributed by atoms with Crippen LogP contribution in [0.2, 0.25) is 0 Å². The van der Waals surface area contributed by atoms with Gasteiger partial charge in [-0.3, -0.25) is 9.59 Å². The van der Waals surface area contributed by atoms with Gasteiger partial charge in [0.05, 0.1) is 12.0 Å². The molecule has 1 aromatic heterocycles. The van der Waals surface area contributed by atoms with E-state index in [9.17, 15) is 14.0 Å². The number of hydrogen-bond donors (Lipinski definition) is 2. The van der Waals surface area contributed by atoms with E-state index in [0.29, 0.717) is 31.4 Å². The number of esters is 1. The first-order valence-electron chi connectivity index (χ1n) is 13.0. The molecule has 1 aliphatic rings. The summed E-state index contributed by atoms with van der Waals surface area (Å²) in [4.78, 5) is 47.3. The molecule has 2 N–H and O–H groups in total. The van der Waals surface area contributed by atoms with Gasteiger partial charge in [-0.25, -0.2) is 14.0 Å². The highest BCUT2D eigenvalue weighted by molar-refractivity contribution is 7.13. The molecule has 0 aliphatic carbocycles. The monoisotopic (exact) mass is 569 g/mol. The number of benzene rings is 2. The third-order valence-corrected chi connectivity index (χ3v) is 7.78. The summed E-state index contributed by atoms with van der Waals surface area (Å²) in [6, 6.07) is 18.0. The highest BCUT2D eigenvalue weighted by Crippen LogP contribution is 2.44. The van der Waals surface area contributed by atoms with Crippen LogP contribution in [0.15, 0.2) is 66.0 Å². The molecule has 0 unspecified atom stereocenters. The Labute approximate surface area is 236 Å². The maximum atomic E-state index is 13.3. The van der Waals surface area contributed by atoms with Crippen LogP contribution in [0.5, 0.6) is 0 Å². The van der Waals surface area contributed by atoms with Gasteiger partial charge in [0.15, 0.2) is 5.78 Å². The number of likely N-dealkylation sites (tertiary alicyclic amines) is 1.